The number of nitrogens with one attached hydrogen (secondary N) is 1. The molecular formula is C15H22F2IN3O. The topological polar surface area (TPSA) is 47.9 Å². The molecule has 0 bridgehead atoms. The highest BCUT2D eigenvalue weighted by Crippen LogP contribution is 2.13. The zero-order valence-electron chi connectivity index (χ0n) is 12.6. The minimum Gasteiger partial charge on any atom is -0.393 e. The van der Waals surface area contributed by atoms with Gasteiger partial charge in [0, 0.05) is 25.2 Å². The fraction of sp³-hybridized carbons (Fsp3) is 0.533. The predicted molar refractivity (Wildman–Crippen MR) is 93.4 cm³/mol. The first-order valence-corrected chi connectivity index (χ1v) is 7.25. The lowest BCUT2D eigenvalue weighted by Crippen LogP contribution is -2.46. The smallest absolute Gasteiger partial charge is 0.194 e. The molecule has 1 aromatic rings. The maximum absolute atomic E-state index is 13.6. The van der Waals surface area contributed by atoms with Crippen molar-refractivity contribution in [1.82, 2.24) is 10.2 Å². The molecule has 0 radical (unpaired) electrons. The van der Waals surface area contributed by atoms with Gasteiger partial charge in [-0.05, 0) is 38.0 Å². The first-order chi connectivity index (χ1) is 10.1. The zero-order valence-corrected chi connectivity index (χ0v) is 14.9. The highest BCUT2D eigenvalue weighted by Gasteiger charge is 2.19. The summed E-state index contributed by atoms with van der Waals surface area (Å²) in [6, 6.07) is 3.38. The SMILES string of the molecule is CCNC(=NCc1cc(F)ccc1F)N1CCC(O)CC1.I. The molecule has 7 heteroatoms. The maximum atomic E-state index is 13.6. The number of benzene rings is 1. The molecule has 0 saturated carbocycles. The standard InChI is InChI=1S/C15H21F2N3O.HI/c1-2-18-15(20-7-5-13(21)6-8-20)19-10-11-9-12(16)3-4-14(11)17;/h3-4,9,13,21H,2,5-8,10H2,1H3,(H,18,19);1H. The van der Waals surface area contributed by atoms with Crippen molar-refractivity contribution >= 4 is 29.9 Å². The Morgan fingerprint density at radius 2 is 2.05 bits per heavy atom. The summed E-state index contributed by atoms with van der Waals surface area (Å²) in [7, 11) is 0. The van der Waals surface area contributed by atoms with Gasteiger partial charge < -0.3 is 15.3 Å². The van der Waals surface area contributed by atoms with Gasteiger partial charge in [-0.2, -0.15) is 0 Å². The largest absolute Gasteiger partial charge is 0.393 e. The van der Waals surface area contributed by atoms with E-state index in [1.165, 1.54) is 6.07 Å². The van der Waals surface area contributed by atoms with Crippen LogP contribution >= 0.6 is 24.0 Å². The van der Waals surface area contributed by atoms with Crippen molar-refractivity contribution in [2.45, 2.75) is 32.4 Å². The Labute approximate surface area is 146 Å². The van der Waals surface area contributed by atoms with E-state index in [1.807, 2.05) is 11.8 Å². The highest BCUT2D eigenvalue weighted by molar-refractivity contribution is 14.0. The number of halogens is 3. The number of hydrogen-bond acceptors (Lipinski definition) is 2. The average molecular weight is 425 g/mol. The van der Waals surface area contributed by atoms with Crippen LogP contribution in [0.3, 0.4) is 0 Å². The van der Waals surface area contributed by atoms with Gasteiger partial charge in [0.25, 0.3) is 0 Å². The van der Waals surface area contributed by atoms with Crippen molar-refractivity contribution in [3.8, 4) is 0 Å². The molecule has 0 amide bonds. The number of aliphatic hydroxyl groups excluding tert-OH is 1. The number of piperidine rings is 1. The van der Waals surface area contributed by atoms with E-state index < -0.39 is 11.6 Å². The molecule has 1 aliphatic rings. The Morgan fingerprint density at radius 3 is 2.68 bits per heavy atom. The summed E-state index contributed by atoms with van der Waals surface area (Å²) in [4.78, 5) is 6.41. The van der Waals surface area contributed by atoms with E-state index in [2.05, 4.69) is 10.3 Å². The summed E-state index contributed by atoms with van der Waals surface area (Å²) < 4.78 is 26.7. The number of nitrogens with zero attached hydrogens (tertiary/aromatic N) is 2. The molecule has 0 aliphatic carbocycles. The molecule has 0 spiro atoms. The van der Waals surface area contributed by atoms with Gasteiger partial charge in [0.2, 0.25) is 0 Å². The molecule has 0 atom stereocenters. The van der Waals surface area contributed by atoms with E-state index in [1.54, 1.807) is 0 Å². The summed E-state index contributed by atoms with van der Waals surface area (Å²) in [6.07, 6.45) is 1.13. The lowest BCUT2D eigenvalue weighted by atomic mass is 10.1. The van der Waals surface area contributed by atoms with Gasteiger partial charge in [0.1, 0.15) is 11.6 Å². The van der Waals surface area contributed by atoms with E-state index >= 15 is 0 Å². The lowest BCUT2D eigenvalue weighted by Gasteiger charge is -2.32. The van der Waals surface area contributed by atoms with E-state index in [9.17, 15) is 13.9 Å². The van der Waals surface area contributed by atoms with Gasteiger partial charge in [0.15, 0.2) is 5.96 Å². The van der Waals surface area contributed by atoms with Crippen molar-refractivity contribution < 1.29 is 13.9 Å². The lowest BCUT2D eigenvalue weighted by molar-refractivity contribution is 0.108. The summed E-state index contributed by atoms with van der Waals surface area (Å²) >= 11 is 0. The van der Waals surface area contributed by atoms with Gasteiger partial charge in [-0.25, -0.2) is 13.8 Å². The minimum atomic E-state index is -0.465. The third-order valence-corrected chi connectivity index (χ3v) is 3.51. The van der Waals surface area contributed by atoms with Crippen molar-refractivity contribution in [2.24, 2.45) is 4.99 Å². The number of aliphatic imine (C=N–C) groups is 1. The monoisotopic (exact) mass is 425 g/mol. The molecule has 124 valence electrons. The molecule has 22 heavy (non-hydrogen) atoms. The van der Waals surface area contributed by atoms with Crippen molar-refractivity contribution in [3.05, 3.63) is 35.4 Å². The van der Waals surface area contributed by atoms with E-state index in [4.69, 9.17) is 0 Å². The van der Waals surface area contributed by atoms with Crippen LogP contribution in [0.15, 0.2) is 23.2 Å². The van der Waals surface area contributed by atoms with Crippen LogP contribution in [0.1, 0.15) is 25.3 Å². The first kappa shape index (κ1) is 19.1. The van der Waals surface area contributed by atoms with Crippen LogP contribution in [0, 0.1) is 11.6 Å². The third-order valence-electron chi connectivity index (χ3n) is 3.51. The summed E-state index contributed by atoms with van der Waals surface area (Å²) in [6.45, 7) is 4.16. The molecule has 2 N–H and O–H groups in total. The number of rotatable bonds is 3. The Hall–Kier alpha value is -0.960. The van der Waals surface area contributed by atoms with Crippen LogP contribution < -0.4 is 5.32 Å². The van der Waals surface area contributed by atoms with Crippen LogP contribution in [0.4, 0.5) is 8.78 Å². The first-order valence-electron chi connectivity index (χ1n) is 7.25. The van der Waals surface area contributed by atoms with Gasteiger partial charge in [0.05, 0.1) is 12.6 Å². The van der Waals surface area contributed by atoms with Crippen molar-refractivity contribution in [1.29, 1.82) is 0 Å². The number of aliphatic hydroxyl groups is 1. The quantitative estimate of drug-likeness (QED) is 0.445. The molecule has 1 aliphatic heterocycles. The molecule has 1 aromatic carbocycles. The van der Waals surface area contributed by atoms with Crippen LogP contribution in [0.2, 0.25) is 0 Å². The number of hydrogen-bond donors (Lipinski definition) is 2. The second kappa shape index (κ2) is 9.24. The van der Waals surface area contributed by atoms with Crippen LogP contribution in [0.5, 0.6) is 0 Å². The second-order valence-electron chi connectivity index (χ2n) is 5.12. The molecule has 1 heterocycles. The molecule has 0 unspecified atom stereocenters. The number of likely N-dealkylation sites (tertiary alicyclic amines) is 1. The molecule has 1 saturated heterocycles. The van der Waals surface area contributed by atoms with E-state index in [0.29, 0.717) is 38.4 Å². The summed E-state index contributed by atoms with van der Waals surface area (Å²) in [5.74, 6) is -0.245. The minimum absolute atomic E-state index is 0. The van der Waals surface area contributed by atoms with Gasteiger partial charge in [-0.1, -0.05) is 0 Å². The Kier molecular flexibility index (Phi) is 8.02. The van der Waals surface area contributed by atoms with E-state index in [0.717, 1.165) is 12.1 Å². The van der Waals surface area contributed by atoms with E-state index in [-0.39, 0.29) is 42.2 Å². The van der Waals surface area contributed by atoms with Crippen LogP contribution in [-0.2, 0) is 6.54 Å². The molecular weight excluding hydrogens is 403 g/mol. The van der Waals surface area contributed by atoms with Crippen molar-refractivity contribution in [2.75, 3.05) is 19.6 Å². The Morgan fingerprint density at radius 1 is 1.36 bits per heavy atom. The second-order valence-corrected chi connectivity index (χ2v) is 5.12. The van der Waals surface area contributed by atoms with Gasteiger partial charge in [-0.3, -0.25) is 0 Å². The fourth-order valence-corrected chi connectivity index (χ4v) is 2.33. The normalized spacial score (nSPS) is 16.4. The average Bonchev–Trinajstić information content (AvgIpc) is 2.48. The highest BCUT2D eigenvalue weighted by atomic mass is 127. The Bertz CT molecular complexity index is 506. The fourth-order valence-electron chi connectivity index (χ4n) is 2.33. The van der Waals surface area contributed by atoms with Crippen LogP contribution in [0.25, 0.3) is 0 Å². The summed E-state index contributed by atoms with van der Waals surface area (Å²) in [5.41, 5.74) is 0.238. The van der Waals surface area contributed by atoms with Crippen LogP contribution in [-0.4, -0.2) is 41.7 Å². The molecule has 2 rings (SSSR count). The maximum Gasteiger partial charge on any atom is 0.194 e. The number of guanidine groups is 1. The Balaban J connectivity index is 0.00000242. The van der Waals surface area contributed by atoms with Gasteiger partial charge >= 0.3 is 0 Å². The van der Waals surface area contributed by atoms with Gasteiger partial charge in [-0.15, -0.1) is 24.0 Å². The molecule has 4 nitrogen and oxygen atoms in total. The zero-order chi connectivity index (χ0) is 15.2. The summed E-state index contributed by atoms with van der Waals surface area (Å²) in [5, 5.41) is 12.7. The van der Waals surface area contributed by atoms with Crippen molar-refractivity contribution in [3.63, 3.8) is 0 Å². The predicted octanol–water partition coefficient (Wildman–Crippen LogP) is 2.51. The molecule has 0 aromatic heterocycles. The molecule has 1 fully saturated rings. The third kappa shape index (κ3) is 5.35.